The van der Waals surface area contributed by atoms with E-state index in [9.17, 15) is 24.0 Å². The van der Waals surface area contributed by atoms with Crippen molar-refractivity contribution in [2.24, 2.45) is 5.92 Å². The third-order valence-electron chi connectivity index (χ3n) is 11.9. The summed E-state index contributed by atoms with van der Waals surface area (Å²) in [6.07, 6.45) is 11.5. The van der Waals surface area contributed by atoms with E-state index in [4.69, 9.17) is 4.74 Å². The Morgan fingerprint density at radius 2 is 1.74 bits per heavy atom. The lowest BCUT2D eigenvalue weighted by Gasteiger charge is -2.45. The number of nitrogens with one attached hydrogen (secondary N) is 2. The fourth-order valence-corrected chi connectivity index (χ4v) is 9.08. The average Bonchev–Trinajstić information content (AvgIpc) is 3.73. The molecule has 4 aliphatic heterocycles. The Hall–Kier alpha value is -4.89. The number of carbonyl (C=O) groups excluding carboxylic acids is 5. The standard InChI is InChI=1S/C39H49N9O6/c1-24(2)54-33-19-29-26(18-31(33)42-37(51)30-20-41-48-13-3-12-40-36(30)48)22-47(39(29)53)28-6-4-25(5-7-28)21-44-14-10-27(11-15-44)45-16-17-46(35(50)23-45)32-8-9-34(49)43-38(32)52/h3,12-13,18-20,24-25,27-28,32H,4-11,14-17,21-23H2,1-2H3,(H,42,51)(H,43,49,52)/t25-,28-,32?. The Labute approximate surface area is 314 Å². The predicted molar refractivity (Wildman–Crippen MR) is 198 cm³/mol. The van der Waals surface area contributed by atoms with Gasteiger partial charge < -0.3 is 24.8 Å². The molecule has 5 aliphatic rings. The van der Waals surface area contributed by atoms with Gasteiger partial charge in [-0.3, -0.25) is 34.2 Å². The van der Waals surface area contributed by atoms with Crippen molar-refractivity contribution >= 4 is 40.9 Å². The Balaban J connectivity index is 0.822. The summed E-state index contributed by atoms with van der Waals surface area (Å²) in [4.78, 5) is 77.0. The molecule has 3 saturated heterocycles. The quantitative estimate of drug-likeness (QED) is 0.312. The molecule has 0 bridgehead atoms. The Morgan fingerprint density at radius 3 is 2.48 bits per heavy atom. The van der Waals surface area contributed by atoms with Gasteiger partial charge in [0.1, 0.15) is 17.4 Å². The maximum Gasteiger partial charge on any atom is 0.261 e. The average molecular weight is 740 g/mol. The van der Waals surface area contributed by atoms with Gasteiger partial charge in [0, 0.05) is 62.6 Å². The Kier molecular flexibility index (Phi) is 10.1. The van der Waals surface area contributed by atoms with Gasteiger partial charge in [-0.15, -0.1) is 0 Å². The number of benzene rings is 1. The lowest BCUT2D eigenvalue weighted by molar-refractivity contribution is -0.150. The van der Waals surface area contributed by atoms with E-state index < -0.39 is 6.04 Å². The first-order valence-corrected chi connectivity index (χ1v) is 19.4. The van der Waals surface area contributed by atoms with E-state index in [1.807, 2.05) is 24.8 Å². The highest BCUT2D eigenvalue weighted by Gasteiger charge is 2.40. The molecular weight excluding hydrogens is 690 g/mol. The van der Waals surface area contributed by atoms with Crippen LogP contribution in [0.4, 0.5) is 5.69 Å². The van der Waals surface area contributed by atoms with E-state index in [-0.39, 0.29) is 48.1 Å². The number of aromatic nitrogens is 3. The molecule has 54 heavy (non-hydrogen) atoms. The van der Waals surface area contributed by atoms with Crippen molar-refractivity contribution in [2.45, 2.75) is 96.0 Å². The molecule has 1 aliphatic carbocycles. The number of hydrogen-bond acceptors (Lipinski definition) is 10. The zero-order valence-electron chi connectivity index (χ0n) is 31.0. The van der Waals surface area contributed by atoms with Crippen LogP contribution in [0, 0.1) is 5.92 Å². The fraction of sp³-hybridized carbons (Fsp3) is 0.564. The van der Waals surface area contributed by atoms with E-state index in [2.05, 4.69) is 30.5 Å². The fourth-order valence-electron chi connectivity index (χ4n) is 9.08. The van der Waals surface area contributed by atoms with Crippen LogP contribution in [-0.2, 0) is 20.9 Å². The molecule has 8 rings (SSSR count). The number of nitrogens with zero attached hydrogens (tertiary/aromatic N) is 7. The van der Waals surface area contributed by atoms with Crippen LogP contribution in [0.15, 0.2) is 36.8 Å². The number of piperidine rings is 2. The first-order valence-electron chi connectivity index (χ1n) is 19.4. The van der Waals surface area contributed by atoms with Gasteiger partial charge in [0.25, 0.3) is 11.8 Å². The topological polar surface area (TPSA) is 162 Å². The van der Waals surface area contributed by atoms with E-state index in [0.29, 0.717) is 66.2 Å². The van der Waals surface area contributed by atoms with Crippen LogP contribution in [0.2, 0.25) is 0 Å². The SMILES string of the molecule is CC(C)Oc1cc2c(cc1NC(=O)c1cnn3cccnc13)CN([C@H]1CC[C@H](CN3CCC(N4CCN(C5CCC(=O)NC5=O)C(=O)C4)CC3)CC1)C2=O. The largest absolute Gasteiger partial charge is 0.489 e. The van der Waals surface area contributed by atoms with E-state index >= 15 is 0 Å². The predicted octanol–water partition coefficient (Wildman–Crippen LogP) is 2.70. The second-order valence-corrected chi connectivity index (χ2v) is 15.7. The summed E-state index contributed by atoms with van der Waals surface area (Å²) in [5.41, 5.74) is 2.84. The minimum atomic E-state index is -0.536. The van der Waals surface area contributed by atoms with Crippen LogP contribution in [0.3, 0.4) is 0 Å². The summed E-state index contributed by atoms with van der Waals surface area (Å²) < 4.78 is 7.66. The normalized spacial score (nSPS) is 24.7. The first-order chi connectivity index (χ1) is 26.1. The van der Waals surface area contributed by atoms with E-state index in [1.165, 1.54) is 6.20 Å². The number of ether oxygens (including phenoxy) is 1. The first kappa shape index (κ1) is 36.1. The maximum atomic E-state index is 13.8. The molecule has 0 radical (unpaired) electrons. The lowest BCUT2D eigenvalue weighted by atomic mass is 9.84. The highest BCUT2D eigenvalue weighted by molar-refractivity contribution is 6.09. The van der Waals surface area contributed by atoms with E-state index in [1.54, 1.807) is 33.9 Å². The Bertz CT molecular complexity index is 1950. The Morgan fingerprint density at radius 1 is 0.944 bits per heavy atom. The summed E-state index contributed by atoms with van der Waals surface area (Å²) in [6.45, 7) is 8.99. The summed E-state index contributed by atoms with van der Waals surface area (Å²) in [5.74, 6) is 0.0763. The van der Waals surface area contributed by atoms with Crippen LogP contribution in [0.1, 0.15) is 91.5 Å². The molecule has 1 saturated carbocycles. The van der Waals surface area contributed by atoms with Crippen LogP contribution < -0.4 is 15.4 Å². The van der Waals surface area contributed by atoms with E-state index in [0.717, 1.165) is 70.3 Å². The number of rotatable bonds is 9. The van der Waals surface area contributed by atoms with Crippen molar-refractivity contribution in [3.63, 3.8) is 0 Å². The van der Waals surface area contributed by atoms with Gasteiger partial charge >= 0.3 is 0 Å². The number of likely N-dealkylation sites (tertiary alicyclic amines) is 1. The molecule has 1 aromatic carbocycles. The minimum absolute atomic E-state index is 0.0188. The van der Waals surface area contributed by atoms with Crippen molar-refractivity contribution in [2.75, 3.05) is 44.6 Å². The second-order valence-electron chi connectivity index (χ2n) is 15.7. The third-order valence-corrected chi connectivity index (χ3v) is 11.9. The summed E-state index contributed by atoms with van der Waals surface area (Å²) in [7, 11) is 0. The van der Waals surface area contributed by atoms with Gasteiger partial charge in [-0.2, -0.15) is 5.10 Å². The molecule has 5 amide bonds. The van der Waals surface area contributed by atoms with Crippen molar-refractivity contribution in [3.05, 3.63) is 53.5 Å². The van der Waals surface area contributed by atoms with Crippen LogP contribution in [-0.4, -0.2) is 127 Å². The molecule has 1 atom stereocenters. The molecule has 0 spiro atoms. The number of piperazine rings is 1. The monoisotopic (exact) mass is 739 g/mol. The molecule has 2 aromatic heterocycles. The van der Waals surface area contributed by atoms with Crippen molar-refractivity contribution in [3.8, 4) is 5.75 Å². The molecule has 1 unspecified atom stereocenters. The molecule has 15 nitrogen and oxygen atoms in total. The molecule has 6 heterocycles. The second kappa shape index (κ2) is 15.1. The number of hydrogen-bond donors (Lipinski definition) is 2. The summed E-state index contributed by atoms with van der Waals surface area (Å²) in [6, 6.07) is 5.40. The van der Waals surface area contributed by atoms with Crippen LogP contribution in [0.25, 0.3) is 5.65 Å². The van der Waals surface area contributed by atoms with Crippen LogP contribution >= 0.6 is 0 Å². The van der Waals surface area contributed by atoms with Gasteiger partial charge in [0.05, 0.1) is 24.5 Å². The maximum absolute atomic E-state index is 13.8. The zero-order valence-corrected chi connectivity index (χ0v) is 31.0. The smallest absolute Gasteiger partial charge is 0.261 e. The number of amides is 5. The molecule has 15 heteroatoms. The molecule has 4 fully saturated rings. The molecule has 286 valence electrons. The third kappa shape index (κ3) is 7.30. The number of imide groups is 1. The number of fused-ring (bicyclic) bond motifs is 2. The van der Waals surface area contributed by atoms with Gasteiger partial charge in [-0.05, 0) is 102 Å². The number of carbonyl (C=O) groups is 5. The summed E-state index contributed by atoms with van der Waals surface area (Å²) in [5, 5.41) is 9.61. The van der Waals surface area contributed by atoms with Crippen molar-refractivity contribution in [1.82, 2.24) is 39.5 Å². The number of anilines is 1. The van der Waals surface area contributed by atoms with Crippen LogP contribution in [0.5, 0.6) is 5.75 Å². The highest BCUT2D eigenvalue weighted by Crippen LogP contribution is 2.38. The van der Waals surface area contributed by atoms with Gasteiger partial charge in [-0.1, -0.05) is 0 Å². The molecule has 3 aromatic rings. The van der Waals surface area contributed by atoms with Gasteiger partial charge in [0.2, 0.25) is 17.7 Å². The van der Waals surface area contributed by atoms with Crippen molar-refractivity contribution < 1.29 is 28.7 Å². The van der Waals surface area contributed by atoms with Gasteiger partial charge in [0.15, 0.2) is 5.65 Å². The summed E-state index contributed by atoms with van der Waals surface area (Å²) >= 11 is 0. The highest BCUT2D eigenvalue weighted by atomic mass is 16.5. The minimum Gasteiger partial charge on any atom is -0.489 e. The molecular formula is C39H49N9O6. The molecule has 2 N–H and O–H groups in total. The zero-order chi connectivity index (χ0) is 37.5. The van der Waals surface area contributed by atoms with Crippen molar-refractivity contribution in [1.29, 1.82) is 0 Å². The lowest BCUT2D eigenvalue weighted by Crippen LogP contribution is -2.62. The van der Waals surface area contributed by atoms with Gasteiger partial charge in [-0.25, -0.2) is 9.50 Å².